The summed E-state index contributed by atoms with van der Waals surface area (Å²) in [5.74, 6) is -1.23. The van der Waals surface area contributed by atoms with Crippen molar-refractivity contribution in [3.05, 3.63) is 91.9 Å². The molecule has 0 aliphatic heterocycles. The first-order valence-electron chi connectivity index (χ1n) is 9.51. The summed E-state index contributed by atoms with van der Waals surface area (Å²) in [5.41, 5.74) is 4.47. The van der Waals surface area contributed by atoms with Crippen LogP contribution in [0.3, 0.4) is 0 Å². The third kappa shape index (κ3) is 6.85. The first kappa shape index (κ1) is 24.9. The topological polar surface area (TPSA) is 79.8 Å². The lowest BCUT2D eigenvalue weighted by molar-refractivity contribution is -0.136. The van der Waals surface area contributed by atoms with Crippen LogP contribution in [0.15, 0.2) is 65.8 Å². The van der Waals surface area contributed by atoms with Crippen molar-refractivity contribution in [3.8, 4) is 5.75 Å². The Morgan fingerprint density at radius 2 is 1.52 bits per heavy atom. The van der Waals surface area contributed by atoms with Gasteiger partial charge in [0.2, 0.25) is 0 Å². The van der Waals surface area contributed by atoms with Crippen molar-refractivity contribution in [3.63, 3.8) is 0 Å². The van der Waals surface area contributed by atoms with Gasteiger partial charge in [0, 0.05) is 21.3 Å². The monoisotopic (exact) mass is 523 g/mol. The minimum absolute atomic E-state index is 0.217. The Morgan fingerprint density at radius 1 is 0.848 bits per heavy atom. The summed E-state index contributed by atoms with van der Waals surface area (Å²) in [6, 6.07) is 16.8. The third-order valence-electron chi connectivity index (χ3n) is 4.43. The smallest absolute Gasteiger partial charge is 0.329 e. The minimum Gasteiger partial charge on any atom is -0.489 e. The van der Waals surface area contributed by atoms with Gasteiger partial charge in [0.15, 0.2) is 0 Å². The van der Waals surface area contributed by atoms with Crippen LogP contribution >= 0.6 is 46.4 Å². The molecule has 2 amide bonds. The zero-order valence-electron chi connectivity index (χ0n) is 17.2. The highest BCUT2D eigenvalue weighted by Crippen LogP contribution is 2.26. The summed E-state index contributed by atoms with van der Waals surface area (Å²) < 4.78 is 5.74. The molecule has 6 nitrogen and oxygen atoms in total. The van der Waals surface area contributed by atoms with E-state index in [0.29, 0.717) is 37.8 Å². The number of amides is 2. The number of nitrogens with zero attached hydrogens (tertiary/aromatic N) is 1. The Labute approximate surface area is 210 Å². The van der Waals surface area contributed by atoms with Crippen molar-refractivity contribution in [2.75, 3.05) is 5.32 Å². The van der Waals surface area contributed by atoms with Gasteiger partial charge in [-0.2, -0.15) is 5.10 Å². The SMILES string of the molecule is C/C(=N\NC(=O)C(=O)Nc1ccc(Cl)c(Cl)c1)c1ccc(OCc2c(Cl)cccc2Cl)cc1. The molecule has 0 saturated heterocycles. The number of hydrogen-bond acceptors (Lipinski definition) is 4. The van der Waals surface area contributed by atoms with Crippen LogP contribution in [0.1, 0.15) is 18.1 Å². The lowest BCUT2D eigenvalue weighted by Gasteiger charge is -2.10. The fourth-order valence-electron chi connectivity index (χ4n) is 2.63. The van der Waals surface area contributed by atoms with Crippen LogP contribution in [-0.4, -0.2) is 17.5 Å². The Hall–Kier alpha value is -2.77. The van der Waals surface area contributed by atoms with E-state index >= 15 is 0 Å². The standard InChI is InChI=1S/C23H17Cl4N3O3/c1-13(29-30-23(32)22(31)28-15-7-10-20(26)21(27)11-15)14-5-8-16(9-6-14)33-12-17-18(24)3-2-4-19(17)25/h2-11H,12H2,1H3,(H,28,31)(H,30,32)/b29-13+. The maximum Gasteiger partial charge on any atom is 0.329 e. The molecule has 0 spiro atoms. The fraction of sp³-hybridized carbons (Fsp3) is 0.0870. The highest BCUT2D eigenvalue weighted by atomic mass is 35.5. The molecule has 10 heteroatoms. The largest absolute Gasteiger partial charge is 0.489 e. The molecule has 0 aromatic heterocycles. The third-order valence-corrected chi connectivity index (χ3v) is 5.87. The molecule has 0 fully saturated rings. The van der Waals surface area contributed by atoms with E-state index in [1.807, 2.05) is 0 Å². The van der Waals surface area contributed by atoms with E-state index in [-0.39, 0.29) is 11.6 Å². The summed E-state index contributed by atoms with van der Waals surface area (Å²) >= 11 is 24.0. The number of hydrazone groups is 1. The number of ether oxygens (including phenoxy) is 1. The molecule has 170 valence electrons. The average Bonchev–Trinajstić information content (AvgIpc) is 2.79. The van der Waals surface area contributed by atoms with Crippen molar-refractivity contribution in [2.45, 2.75) is 13.5 Å². The maximum absolute atomic E-state index is 12.0. The van der Waals surface area contributed by atoms with Crippen molar-refractivity contribution in [2.24, 2.45) is 5.10 Å². The molecule has 0 aliphatic carbocycles. The Bertz CT molecular complexity index is 1190. The van der Waals surface area contributed by atoms with E-state index in [9.17, 15) is 9.59 Å². The number of rotatable bonds is 6. The highest BCUT2D eigenvalue weighted by Gasteiger charge is 2.14. The Kier molecular flexibility index (Phi) is 8.58. The second-order valence-corrected chi connectivity index (χ2v) is 8.36. The van der Waals surface area contributed by atoms with Gasteiger partial charge in [-0.1, -0.05) is 52.5 Å². The molecule has 3 aromatic rings. The first-order valence-corrected chi connectivity index (χ1v) is 11.0. The lowest BCUT2D eigenvalue weighted by atomic mass is 10.1. The van der Waals surface area contributed by atoms with E-state index in [1.165, 1.54) is 18.2 Å². The molecule has 0 aliphatic rings. The van der Waals surface area contributed by atoms with E-state index in [0.717, 1.165) is 5.56 Å². The van der Waals surface area contributed by atoms with Crippen LogP contribution in [0, 0.1) is 0 Å². The number of anilines is 1. The predicted molar refractivity (Wildman–Crippen MR) is 133 cm³/mol. The van der Waals surface area contributed by atoms with Crippen LogP contribution in [0.4, 0.5) is 5.69 Å². The quantitative estimate of drug-likeness (QED) is 0.224. The van der Waals surface area contributed by atoms with Gasteiger partial charge in [0.05, 0.1) is 15.8 Å². The van der Waals surface area contributed by atoms with Crippen molar-refractivity contribution >= 4 is 69.6 Å². The number of benzene rings is 3. The second kappa shape index (κ2) is 11.4. The van der Waals surface area contributed by atoms with Crippen LogP contribution in [-0.2, 0) is 16.2 Å². The van der Waals surface area contributed by atoms with E-state index in [4.69, 9.17) is 51.1 Å². The molecule has 3 aromatic carbocycles. The van der Waals surface area contributed by atoms with Gasteiger partial charge in [0.25, 0.3) is 0 Å². The van der Waals surface area contributed by atoms with Crippen molar-refractivity contribution in [1.82, 2.24) is 5.43 Å². The number of carbonyl (C=O) groups is 2. The van der Waals surface area contributed by atoms with Gasteiger partial charge in [0.1, 0.15) is 12.4 Å². The fourth-order valence-corrected chi connectivity index (χ4v) is 3.43. The van der Waals surface area contributed by atoms with Gasteiger partial charge < -0.3 is 10.1 Å². The molecule has 2 N–H and O–H groups in total. The summed E-state index contributed by atoms with van der Waals surface area (Å²) in [6.07, 6.45) is 0. The molecule has 0 atom stereocenters. The van der Waals surface area contributed by atoms with E-state index in [2.05, 4.69) is 15.8 Å². The zero-order chi connectivity index (χ0) is 24.0. The summed E-state index contributed by atoms with van der Waals surface area (Å²) in [4.78, 5) is 24.1. The summed E-state index contributed by atoms with van der Waals surface area (Å²) in [5, 5.41) is 8.04. The van der Waals surface area contributed by atoms with Gasteiger partial charge in [-0.15, -0.1) is 0 Å². The van der Waals surface area contributed by atoms with Crippen LogP contribution in [0.25, 0.3) is 0 Å². The normalized spacial score (nSPS) is 11.1. The zero-order valence-corrected chi connectivity index (χ0v) is 20.2. The van der Waals surface area contributed by atoms with Crippen molar-refractivity contribution < 1.29 is 14.3 Å². The van der Waals surface area contributed by atoms with Gasteiger partial charge in [-0.3, -0.25) is 9.59 Å². The van der Waals surface area contributed by atoms with Crippen LogP contribution < -0.4 is 15.5 Å². The summed E-state index contributed by atoms with van der Waals surface area (Å²) in [6.45, 7) is 1.91. The molecular formula is C23H17Cl4N3O3. The van der Waals surface area contributed by atoms with Gasteiger partial charge >= 0.3 is 11.8 Å². The van der Waals surface area contributed by atoms with Crippen LogP contribution in [0.2, 0.25) is 20.1 Å². The molecule has 33 heavy (non-hydrogen) atoms. The highest BCUT2D eigenvalue weighted by molar-refractivity contribution is 6.43. The molecule has 0 saturated carbocycles. The molecule has 0 unspecified atom stereocenters. The van der Waals surface area contributed by atoms with Gasteiger partial charge in [-0.25, -0.2) is 5.43 Å². The summed E-state index contributed by atoms with van der Waals surface area (Å²) in [7, 11) is 0. The lowest BCUT2D eigenvalue weighted by Crippen LogP contribution is -2.32. The van der Waals surface area contributed by atoms with Crippen molar-refractivity contribution in [1.29, 1.82) is 0 Å². The molecule has 3 rings (SSSR count). The second-order valence-electron chi connectivity index (χ2n) is 6.73. The van der Waals surface area contributed by atoms with Crippen LogP contribution in [0.5, 0.6) is 5.75 Å². The number of halogens is 4. The average molecular weight is 525 g/mol. The Morgan fingerprint density at radius 3 is 2.15 bits per heavy atom. The van der Waals surface area contributed by atoms with Gasteiger partial charge in [-0.05, 0) is 67.1 Å². The number of nitrogens with one attached hydrogen (secondary N) is 2. The number of carbonyl (C=O) groups excluding carboxylic acids is 2. The molecule has 0 heterocycles. The Balaban J connectivity index is 1.56. The maximum atomic E-state index is 12.0. The first-order chi connectivity index (χ1) is 15.7. The van der Waals surface area contributed by atoms with E-state index < -0.39 is 11.8 Å². The minimum atomic E-state index is -0.933. The number of hydrogen-bond donors (Lipinski definition) is 2. The molecule has 0 radical (unpaired) electrons. The molecule has 0 bridgehead atoms. The van der Waals surface area contributed by atoms with E-state index in [1.54, 1.807) is 49.4 Å². The molecular weight excluding hydrogens is 508 g/mol. The predicted octanol–water partition coefficient (Wildman–Crippen LogP) is 6.36.